The lowest BCUT2D eigenvalue weighted by Gasteiger charge is -2.31. The number of alkyl halides is 6. The molecule has 0 radical (unpaired) electrons. The summed E-state index contributed by atoms with van der Waals surface area (Å²) in [6, 6.07) is 9.83. The quantitative estimate of drug-likeness (QED) is 0.425. The Morgan fingerprint density at radius 2 is 1.35 bits per heavy atom. The van der Waals surface area contributed by atoms with Crippen molar-refractivity contribution >= 4 is 11.2 Å². The van der Waals surface area contributed by atoms with E-state index in [2.05, 4.69) is 9.97 Å². The molecule has 3 aromatic rings. The fourth-order valence-corrected chi connectivity index (χ4v) is 3.35. The van der Waals surface area contributed by atoms with Gasteiger partial charge in [0.25, 0.3) is 5.54 Å². The molecule has 1 heterocycles. The van der Waals surface area contributed by atoms with E-state index in [4.69, 9.17) is 5.73 Å². The number of hydrogen-bond acceptors (Lipinski definition) is 3. The standard InChI is InChI=1S/C19H14F7N3OS/c1-31(30)13-8-4-11(5-9-13)15-14(10-2-6-12(20)7-3-10)28-16(29-15)17(27,18(21,22)23)19(24,25)26/h2-9H,27H2,1H3,(H,28,29). The zero-order chi connectivity index (χ0) is 23.2. The number of imidazole rings is 1. The van der Waals surface area contributed by atoms with Gasteiger partial charge in [0.2, 0.25) is 0 Å². The minimum absolute atomic E-state index is 0.0637. The summed E-state index contributed by atoms with van der Waals surface area (Å²) in [6.07, 6.45) is -10.4. The molecule has 0 spiro atoms. The molecule has 0 saturated heterocycles. The summed E-state index contributed by atoms with van der Waals surface area (Å²) in [5.74, 6) is -2.22. The summed E-state index contributed by atoms with van der Waals surface area (Å²) in [7, 11) is 0. The monoisotopic (exact) mass is 465 g/mol. The van der Waals surface area contributed by atoms with Gasteiger partial charge >= 0.3 is 12.4 Å². The zero-order valence-electron chi connectivity index (χ0n) is 15.6. The van der Waals surface area contributed by atoms with Crippen LogP contribution in [0.5, 0.6) is 0 Å². The average Bonchev–Trinajstić information content (AvgIpc) is 3.11. The van der Waals surface area contributed by atoms with Crippen LogP contribution < -0.4 is 5.73 Å². The van der Waals surface area contributed by atoms with E-state index in [1.54, 1.807) is 0 Å². The third-order valence-corrected chi connectivity index (χ3v) is 5.50. The van der Waals surface area contributed by atoms with E-state index < -0.39 is 40.7 Å². The van der Waals surface area contributed by atoms with Crippen LogP contribution in [0.2, 0.25) is 0 Å². The Balaban J connectivity index is 2.27. The van der Waals surface area contributed by atoms with Crippen molar-refractivity contribution in [1.29, 1.82) is 0 Å². The van der Waals surface area contributed by atoms with Crippen LogP contribution in [0.25, 0.3) is 22.5 Å². The van der Waals surface area contributed by atoms with Crippen molar-refractivity contribution in [3.8, 4) is 22.5 Å². The Kier molecular flexibility index (Phi) is 5.84. The molecule has 31 heavy (non-hydrogen) atoms. The van der Waals surface area contributed by atoms with E-state index in [1.807, 2.05) is 0 Å². The number of aromatic nitrogens is 2. The van der Waals surface area contributed by atoms with E-state index in [-0.39, 0.29) is 22.5 Å². The lowest BCUT2D eigenvalue weighted by Crippen LogP contribution is -2.61. The van der Waals surface area contributed by atoms with Gasteiger partial charge in [0.1, 0.15) is 17.9 Å². The molecule has 0 aliphatic carbocycles. The number of rotatable bonds is 4. The fourth-order valence-electron chi connectivity index (χ4n) is 2.83. The number of nitrogens with zero attached hydrogens (tertiary/aromatic N) is 1. The van der Waals surface area contributed by atoms with Crippen molar-refractivity contribution in [2.24, 2.45) is 5.73 Å². The molecule has 2 aromatic carbocycles. The maximum atomic E-state index is 13.4. The Hall–Kier alpha value is -2.57. The summed E-state index contributed by atoms with van der Waals surface area (Å²) in [5.41, 5.74) is -0.165. The number of halogens is 7. The minimum atomic E-state index is -5.91. The second-order valence-electron chi connectivity index (χ2n) is 6.60. The van der Waals surface area contributed by atoms with Gasteiger partial charge in [0.15, 0.2) is 4.90 Å². The van der Waals surface area contributed by atoms with Gasteiger partial charge in [-0.25, -0.2) is 9.37 Å². The maximum absolute atomic E-state index is 13.4. The highest BCUT2D eigenvalue weighted by Crippen LogP contribution is 2.48. The molecule has 0 aliphatic heterocycles. The number of hydrogen-bond donors (Lipinski definition) is 2. The first-order valence-electron chi connectivity index (χ1n) is 8.48. The second-order valence-corrected chi connectivity index (χ2v) is 7.98. The number of nitrogens with one attached hydrogen (secondary N) is 1. The summed E-state index contributed by atoms with van der Waals surface area (Å²) < 4.78 is 105. The van der Waals surface area contributed by atoms with Crippen LogP contribution in [0, 0.1) is 5.82 Å². The van der Waals surface area contributed by atoms with Crippen LogP contribution in [0.15, 0.2) is 53.4 Å². The predicted molar refractivity (Wildman–Crippen MR) is 99.7 cm³/mol. The highest BCUT2D eigenvalue weighted by Gasteiger charge is 2.71. The Labute approximate surface area is 174 Å². The number of nitrogens with two attached hydrogens (primary N) is 1. The topological polar surface area (TPSA) is 77.8 Å². The first-order valence-corrected chi connectivity index (χ1v) is 10.0. The molecule has 0 saturated carbocycles. The maximum Gasteiger partial charge on any atom is 0.422 e. The fraction of sp³-hybridized carbons (Fsp3) is 0.211. The lowest BCUT2D eigenvalue weighted by molar-refractivity contribution is -0.304. The van der Waals surface area contributed by atoms with Gasteiger partial charge in [0, 0.05) is 11.1 Å². The summed E-state index contributed by atoms with van der Waals surface area (Å²) >= 11 is -1.36. The molecule has 3 N–H and O–H groups in total. The molecule has 1 aromatic heterocycles. The Bertz CT molecular complexity index is 1040. The van der Waals surface area contributed by atoms with Gasteiger partial charge in [-0.3, -0.25) is 0 Å². The highest BCUT2D eigenvalue weighted by atomic mass is 32.2. The Morgan fingerprint density at radius 1 is 0.871 bits per heavy atom. The third kappa shape index (κ3) is 4.14. The predicted octanol–water partition coefficient (Wildman–Crippen LogP) is 4.90. The minimum Gasteiger partial charge on any atom is -0.612 e. The molecule has 0 aliphatic rings. The number of benzene rings is 2. The summed E-state index contributed by atoms with van der Waals surface area (Å²) in [4.78, 5) is 6.01. The van der Waals surface area contributed by atoms with E-state index in [9.17, 15) is 35.3 Å². The first-order chi connectivity index (χ1) is 14.3. The van der Waals surface area contributed by atoms with Crippen molar-refractivity contribution < 1.29 is 35.3 Å². The summed E-state index contributed by atoms with van der Waals surface area (Å²) in [6.45, 7) is 0. The molecular weight excluding hydrogens is 451 g/mol. The molecule has 0 fully saturated rings. The SMILES string of the molecule is C[S+]([O-])c1ccc(-c2[nH]c(C(N)(C(F)(F)F)C(F)(F)F)nc2-c2ccc(F)cc2)cc1. The van der Waals surface area contributed by atoms with Gasteiger partial charge < -0.3 is 15.3 Å². The normalized spacial score (nSPS) is 14.0. The summed E-state index contributed by atoms with van der Waals surface area (Å²) in [5, 5.41) is 0. The lowest BCUT2D eigenvalue weighted by atomic mass is 9.98. The number of H-pyrrole nitrogens is 1. The van der Waals surface area contributed by atoms with Crippen LogP contribution in [0.3, 0.4) is 0 Å². The number of aromatic amines is 1. The van der Waals surface area contributed by atoms with E-state index in [1.165, 1.54) is 30.5 Å². The largest absolute Gasteiger partial charge is 0.612 e. The van der Waals surface area contributed by atoms with E-state index in [0.717, 1.165) is 24.3 Å². The Morgan fingerprint density at radius 3 is 1.81 bits per heavy atom. The van der Waals surface area contributed by atoms with E-state index in [0.29, 0.717) is 4.90 Å². The van der Waals surface area contributed by atoms with Crippen LogP contribution in [0.1, 0.15) is 5.82 Å². The zero-order valence-corrected chi connectivity index (χ0v) is 16.4. The molecule has 0 bridgehead atoms. The van der Waals surface area contributed by atoms with Crippen LogP contribution in [-0.2, 0) is 16.7 Å². The molecular formula is C19H14F7N3OS. The average molecular weight is 465 g/mol. The van der Waals surface area contributed by atoms with E-state index >= 15 is 0 Å². The molecule has 1 unspecified atom stereocenters. The smallest absolute Gasteiger partial charge is 0.422 e. The molecule has 4 nitrogen and oxygen atoms in total. The van der Waals surface area contributed by atoms with Crippen molar-refractivity contribution in [2.45, 2.75) is 22.8 Å². The third-order valence-electron chi connectivity index (χ3n) is 4.56. The van der Waals surface area contributed by atoms with Gasteiger partial charge in [-0.2, -0.15) is 26.3 Å². The van der Waals surface area contributed by atoms with Crippen molar-refractivity contribution in [1.82, 2.24) is 9.97 Å². The molecule has 12 heteroatoms. The van der Waals surface area contributed by atoms with Crippen LogP contribution in [-0.4, -0.2) is 33.1 Å². The molecule has 0 amide bonds. The van der Waals surface area contributed by atoms with Crippen molar-refractivity contribution in [3.63, 3.8) is 0 Å². The van der Waals surface area contributed by atoms with Gasteiger partial charge in [0.05, 0.1) is 11.4 Å². The second kappa shape index (κ2) is 7.84. The van der Waals surface area contributed by atoms with Gasteiger partial charge in [-0.05, 0) is 59.7 Å². The highest BCUT2D eigenvalue weighted by molar-refractivity contribution is 7.90. The van der Waals surface area contributed by atoms with Gasteiger partial charge in [-0.1, -0.05) is 0 Å². The molecule has 3 rings (SSSR count). The van der Waals surface area contributed by atoms with Crippen LogP contribution >= 0.6 is 0 Å². The van der Waals surface area contributed by atoms with Crippen molar-refractivity contribution in [3.05, 3.63) is 60.2 Å². The van der Waals surface area contributed by atoms with Gasteiger partial charge in [-0.15, -0.1) is 0 Å². The molecule has 1 atom stereocenters. The van der Waals surface area contributed by atoms with Crippen LogP contribution in [0.4, 0.5) is 30.7 Å². The van der Waals surface area contributed by atoms with Crippen molar-refractivity contribution in [2.75, 3.05) is 6.26 Å². The first kappa shape index (κ1) is 23.1. The molecule has 166 valence electrons.